The Morgan fingerprint density at radius 1 is 0.833 bits per heavy atom. The monoisotopic (exact) mass is 623 g/mol. The molecule has 0 bridgehead atoms. The SMILES string of the molecule is CC(C)(C)NC(=O)O[C@@H](CCCCN(Cc1ccccc1)C(=O)C(F)(F)F)C(=O)N(Cc1cccs1)Cc1cccs1. The second-order valence-corrected chi connectivity index (χ2v) is 12.9. The summed E-state index contributed by atoms with van der Waals surface area (Å²) in [4.78, 5) is 43.0. The number of carbonyl (C=O) groups excluding carboxylic acids is 3. The minimum atomic E-state index is -5.01. The third-order valence-electron chi connectivity index (χ3n) is 6.06. The standard InChI is InChI=1S/C30H36F3N3O4S2/c1-29(2,3)34-28(39)40-25(26(37)36(20-23-13-9-17-41-23)21-24-14-10-18-42-24)15-7-8-16-35(27(38)30(31,32)33)19-22-11-5-4-6-12-22/h4-6,9-14,17-18,25H,7-8,15-16,19-21H2,1-3H3,(H,34,39)/t25-/m0/s1. The van der Waals surface area contributed by atoms with Crippen LogP contribution >= 0.6 is 22.7 Å². The molecule has 2 heterocycles. The fourth-order valence-corrected chi connectivity index (χ4v) is 5.60. The molecule has 0 radical (unpaired) electrons. The molecule has 42 heavy (non-hydrogen) atoms. The lowest BCUT2D eigenvalue weighted by Gasteiger charge is -2.28. The number of nitrogens with one attached hydrogen (secondary N) is 1. The molecule has 0 aliphatic rings. The van der Waals surface area contributed by atoms with Crippen LogP contribution < -0.4 is 5.32 Å². The van der Waals surface area contributed by atoms with Gasteiger partial charge in [-0.15, -0.1) is 22.7 Å². The number of ether oxygens (including phenoxy) is 1. The zero-order valence-electron chi connectivity index (χ0n) is 23.9. The van der Waals surface area contributed by atoms with Crippen molar-refractivity contribution in [1.82, 2.24) is 15.1 Å². The number of benzene rings is 1. The van der Waals surface area contributed by atoms with Crippen LogP contribution in [-0.2, 0) is 34.0 Å². The normalized spacial score (nSPS) is 12.4. The summed E-state index contributed by atoms with van der Waals surface area (Å²) in [5.74, 6) is -2.31. The molecule has 3 rings (SSSR count). The largest absolute Gasteiger partial charge is 0.471 e. The second kappa shape index (κ2) is 15.2. The summed E-state index contributed by atoms with van der Waals surface area (Å²) in [6, 6.07) is 16.1. The van der Waals surface area contributed by atoms with Gasteiger partial charge in [-0.05, 0) is 68.5 Å². The topological polar surface area (TPSA) is 79.0 Å². The van der Waals surface area contributed by atoms with Crippen molar-refractivity contribution in [2.75, 3.05) is 6.54 Å². The Morgan fingerprint density at radius 2 is 1.43 bits per heavy atom. The van der Waals surface area contributed by atoms with Gasteiger partial charge in [-0.3, -0.25) is 9.59 Å². The summed E-state index contributed by atoms with van der Waals surface area (Å²) in [7, 11) is 0. The molecule has 0 saturated carbocycles. The van der Waals surface area contributed by atoms with Crippen LogP contribution in [0.25, 0.3) is 0 Å². The maximum atomic E-state index is 13.8. The molecule has 3 amide bonds. The highest BCUT2D eigenvalue weighted by Gasteiger charge is 2.42. The van der Waals surface area contributed by atoms with E-state index in [1.165, 1.54) is 22.7 Å². The van der Waals surface area contributed by atoms with Gasteiger partial charge in [-0.2, -0.15) is 13.2 Å². The minimum Gasteiger partial charge on any atom is -0.436 e. The van der Waals surface area contributed by atoms with E-state index < -0.39 is 35.7 Å². The Labute approximate surface area is 252 Å². The predicted molar refractivity (Wildman–Crippen MR) is 158 cm³/mol. The predicted octanol–water partition coefficient (Wildman–Crippen LogP) is 6.99. The van der Waals surface area contributed by atoms with Crippen molar-refractivity contribution in [2.45, 2.75) is 77.5 Å². The van der Waals surface area contributed by atoms with E-state index in [-0.39, 0.29) is 32.4 Å². The van der Waals surface area contributed by atoms with Gasteiger partial charge in [0.2, 0.25) is 0 Å². The van der Waals surface area contributed by atoms with E-state index in [9.17, 15) is 27.6 Å². The molecule has 1 N–H and O–H groups in total. The third kappa shape index (κ3) is 11.1. The Hall–Kier alpha value is -3.38. The molecule has 228 valence electrons. The molecule has 3 aromatic rings. The Bertz CT molecular complexity index is 1220. The molecular weight excluding hydrogens is 587 g/mol. The molecule has 0 fully saturated rings. The van der Waals surface area contributed by atoms with Crippen molar-refractivity contribution in [1.29, 1.82) is 0 Å². The van der Waals surface area contributed by atoms with Gasteiger partial charge in [-0.25, -0.2) is 4.79 Å². The first-order valence-corrected chi connectivity index (χ1v) is 15.3. The van der Waals surface area contributed by atoms with Gasteiger partial charge in [0.05, 0.1) is 13.1 Å². The highest BCUT2D eigenvalue weighted by Crippen LogP contribution is 2.23. The molecule has 1 aromatic carbocycles. The van der Waals surface area contributed by atoms with E-state index in [2.05, 4.69) is 5.32 Å². The van der Waals surface area contributed by atoms with Gasteiger partial charge < -0.3 is 19.9 Å². The molecule has 0 saturated heterocycles. The zero-order chi connectivity index (χ0) is 30.8. The summed E-state index contributed by atoms with van der Waals surface area (Å²) in [5, 5.41) is 6.52. The van der Waals surface area contributed by atoms with E-state index in [4.69, 9.17) is 4.74 Å². The number of alkyl carbamates (subject to hydrolysis) is 1. The second-order valence-electron chi connectivity index (χ2n) is 10.8. The average Bonchev–Trinajstić information content (AvgIpc) is 3.62. The van der Waals surface area contributed by atoms with Crippen LogP contribution in [0, 0.1) is 0 Å². The quantitative estimate of drug-likeness (QED) is 0.208. The first-order chi connectivity index (χ1) is 19.8. The summed E-state index contributed by atoms with van der Waals surface area (Å²) >= 11 is 3.01. The van der Waals surface area contributed by atoms with Crippen molar-refractivity contribution in [2.24, 2.45) is 0 Å². The molecule has 0 unspecified atom stereocenters. The molecule has 0 aliphatic carbocycles. The van der Waals surface area contributed by atoms with Crippen molar-refractivity contribution >= 4 is 40.6 Å². The Kier molecular flexibility index (Phi) is 12.0. The number of carbonyl (C=O) groups is 3. The number of hydrogen-bond acceptors (Lipinski definition) is 6. The van der Waals surface area contributed by atoms with Gasteiger partial charge in [0.15, 0.2) is 6.10 Å². The first-order valence-electron chi connectivity index (χ1n) is 13.5. The molecule has 2 aromatic heterocycles. The summed E-state index contributed by atoms with van der Waals surface area (Å²) in [6.45, 7) is 5.62. The summed E-state index contributed by atoms with van der Waals surface area (Å²) in [6.07, 6.45) is -6.41. The molecule has 0 aliphatic heterocycles. The van der Waals surface area contributed by atoms with Crippen molar-refractivity contribution in [3.63, 3.8) is 0 Å². The van der Waals surface area contributed by atoms with E-state index >= 15 is 0 Å². The van der Waals surface area contributed by atoms with Gasteiger partial charge in [0, 0.05) is 28.4 Å². The van der Waals surface area contributed by atoms with Crippen LogP contribution in [0.15, 0.2) is 65.4 Å². The number of unbranched alkanes of at least 4 members (excludes halogenated alkanes) is 1. The van der Waals surface area contributed by atoms with E-state index in [0.717, 1.165) is 14.7 Å². The lowest BCUT2D eigenvalue weighted by Crippen LogP contribution is -2.46. The number of halogens is 3. The van der Waals surface area contributed by atoms with Crippen LogP contribution in [0.2, 0.25) is 0 Å². The average molecular weight is 624 g/mol. The van der Waals surface area contributed by atoms with E-state index in [0.29, 0.717) is 18.7 Å². The highest BCUT2D eigenvalue weighted by molar-refractivity contribution is 7.10. The zero-order valence-corrected chi connectivity index (χ0v) is 25.5. The lowest BCUT2D eigenvalue weighted by atomic mass is 10.1. The van der Waals surface area contributed by atoms with Gasteiger partial charge in [0.25, 0.3) is 5.91 Å². The van der Waals surface area contributed by atoms with E-state index in [1.807, 2.05) is 35.0 Å². The van der Waals surface area contributed by atoms with Gasteiger partial charge >= 0.3 is 18.2 Å². The van der Waals surface area contributed by atoms with Crippen LogP contribution in [0.1, 0.15) is 55.4 Å². The third-order valence-corrected chi connectivity index (χ3v) is 7.78. The maximum absolute atomic E-state index is 13.8. The van der Waals surface area contributed by atoms with Crippen LogP contribution in [0.4, 0.5) is 18.0 Å². The number of amides is 3. The fourth-order valence-electron chi connectivity index (χ4n) is 4.16. The van der Waals surface area contributed by atoms with Crippen LogP contribution in [0.3, 0.4) is 0 Å². The van der Waals surface area contributed by atoms with Crippen molar-refractivity contribution in [3.8, 4) is 0 Å². The summed E-state index contributed by atoms with van der Waals surface area (Å²) in [5.41, 5.74) is -0.0306. The van der Waals surface area contributed by atoms with Crippen molar-refractivity contribution < 1.29 is 32.3 Å². The molecular formula is C30H36F3N3O4S2. The summed E-state index contributed by atoms with van der Waals surface area (Å²) < 4.78 is 45.6. The minimum absolute atomic E-state index is 0.0845. The van der Waals surface area contributed by atoms with Crippen LogP contribution in [-0.4, -0.2) is 52.1 Å². The molecule has 1 atom stereocenters. The Balaban J connectivity index is 1.73. The molecule has 7 nitrogen and oxygen atoms in total. The smallest absolute Gasteiger partial charge is 0.436 e. The maximum Gasteiger partial charge on any atom is 0.471 e. The van der Waals surface area contributed by atoms with E-state index in [1.54, 1.807) is 56.0 Å². The van der Waals surface area contributed by atoms with Crippen LogP contribution in [0.5, 0.6) is 0 Å². The number of nitrogens with zero attached hydrogens (tertiary/aromatic N) is 2. The molecule has 0 spiro atoms. The van der Waals surface area contributed by atoms with Crippen molar-refractivity contribution in [3.05, 3.63) is 80.7 Å². The number of thiophene rings is 2. The number of alkyl halides is 3. The van der Waals surface area contributed by atoms with Gasteiger partial charge in [-0.1, -0.05) is 42.5 Å². The Morgan fingerprint density at radius 3 is 1.93 bits per heavy atom. The fraction of sp³-hybridized carbons (Fsp3) is 0.433. The number of rotatable bonds is 13. The highest BCUT2D eigenvalue weighted by atomic mass is 32.1. The number of hydrogen-bond donors (Lipinski definition) is 1. The van der Waals surface area contributed by atoms with Gasteiger partial charge in [0.1, 0.15) is 0 Å². The lowest BCUT2D eigenvalue weighted by molar-refractivity contribution is -0.186. The first kappa shape index (κ1) is 33.1. The molecule has 12 heteroatoms.